The predicted octanol–water partition coefficient (Wildman–Crippen LogP) is 1.62. The number of benzene rings is 2. The monoisotopic (exact) mass is 583 g/mol. The van der Waals surface area contributed by atoms with Crippen molar-refractivity contribution in [3.8, 4) is 5.75 Å². The third-order valence-electron chi connectivity index (χ3n) is 7.48. The SMILES string of the molecule is C=CCN1CC(=O)N2C(Cc3ccc(O)cc3)C(=O)N(Cc3cncc(C(N)=O)c3)CC2N1C(=O)NCc1ccccc1. The van der Waals surface area contributed by atoms with Crippen molar-refractivity contribution >= 4 is 23.8 Å². The van der Waals surface area contributed by atoms with E-state index in [2.05, 4.69) is 16.9 Å². The van der Waals surface area contributed by atoms with Crippen molar-refractivity contribution in [2.45, 2.75) is 31.7 Å². The first-order valence-electron chi connectivity index (χ1n) is 13.8. The topological polar surface area (TPSA) is 152 Å². The minimum Gasteiger partial charge on any atom is -0.508 e. The summed E-state index contributed by atoms with van der Waals surface area (Å²) in [4.78, 5) is 60.4. The normalized spacial score (nSPS) is 18.7. The van der Waals surface area contributed by atoms with Crippen molar-refractivity contribution in [3.05, 3.63) is 108 Å². The molecule has 2 unspecified atom stereocenters. The number of primary amides is 1. The molecule has 222 valence electrons. The summed E-state index contributed by atoms with van der Waals surface area (Å²) in [5.41, 5.74) is 7.86. The van der Waals surface area contributed by atoms with Gasteiger partial charge in [-0.2, -0.15) is 0 Å². The number of hydrogen-bond donors (Lipinski definition) is 3. The Hall–Kier alpha value is -5.23. The molecule has 43 heavy (non-hydrogen) atoms. The van der Waals surface area contributed by atoms with Crippen LogP contribution in [0, 0.1) is 0 Å². The number of phenolic OH excluding ortho intramolecular Hbond substituents is 1. The quantitative estimate of drug-likeness (QED) is 0.324. The van der Waals surface area contributed by atoms with Crippen LogP contribution in [-0.4, -0.2) is 85.5 Å². The van der Waals surface area contributed by atoms with Gasteiger partial charge in [-0.05, 0) is 34.9 Å². The molecule has 0 bridgehead atoms. The van der Waals surface area contributed by atoms with E-state index < -0.39 is 24.1 Å². The standard InChI is InChI=1S/C31H33N7O5/c1-2-12-36-20-28(40)37-26(14-21-8-10-25(39)11-9-21)30(42)35(18-23-13-24(29(32)41)17-33-15-23)19-27(37)38(36)31(43)34-16-22-6-4-3-5-7-22/h2-11,13,15,17,26-27,39H,1,12,14,16,18-20H2,(H2,32,41)(H,34,43). The highest BCUT2D eigenvalue weighted by atomic mass is 16.3. The van der Waals surface area contributed by atoms with Gasteiger partial charge in [0.1, 0.15) is 18.0 Å². The van der Waals surface area contributed by atoms with E-state index in [1.54, 1.807) is 40.4 Å². The Labute approximate surface area is 249 Å². The van der Waals surface area contributed by atoms with Crippen LogP contribution in [0.5, 0.6) is 5.75 Å². The van der Waals surface area contributed by atoms with E-state index >= 15 is 0 Å². The van der Waals surface area contributed by atoms with Gasteiger partial charge in [-0.1, -0.05) is 48.5 Å². The number of rotatable bonds is 9. The summed E-state index contributed by atoms with van der Waals surface area (Å²) < 4.78 is 0. The second-order valence-electron chi connectivity index (χ2n) is 10.5. The number of phenols is 1. The maximum absolute atomic E-state index is 14.0. The third kappa shape index (κ3) is 6.49. The Bertz CT molecular complexity index is 1510. The molecule has 12 heteroatoms. The molecular weight excluding hydrogens is 550 g/mol. The summed E-state index contributed by atoms with van der Waals surface area (Å²) in [6.45, 7) is 4.28. The van der Waals surface area contributed by atoms with Gasteiger partial charge < -0.3 is 26.0 Å². The molecule has 2 aromatic carbocycles. The number of aromatic nitrogens is 1. The number of fused-ring (bicyclic) bond motifs is 1. The number of hydrazine groups is 1. The number of aromatic hydroxyl groups is 1. The van der Waals surface area contributed by atoms with Crippen molar-refractivity contribution in [2.24, 2.45) is 5.73 Å². The molecule has 5 rings (SSSR count). The summed E-state index contributed by atoms with van der Waals surface area (Å²) in [5, 5.41) is 15.8. The maximum Gasteiger partial charge on any atom is 0.334 e. The number of piperazine rings is 1. The lowest BCUT2D eigenvalue weighted by Gasteiger charge is -2.55. The van der Waals surface area contributed by atoms with Gasteiger partial charge in [0, 0.05) is 38.4 Å². The van der Waals surface area contributed by atoms with E-state index in [-0.39, 0.29) is 62.3 Å². The van der Waals surface area contributed by atoms with Crippen molar-refractivity contribution in [1.29, 1.82) is 0 Å². The predicted molar refractivity (Wildman–Crippen MR) is 157 cm³/mol. The lowest BCUT2D eigenvalue weighted by Crippen LogP contribution is -2.76. The molecular formula is C31H33N7O5. The van der Waals surface area contributed by atoms with Crippen molar-refractivity contribution < 1.29 is 24.3 Å². The van der Waals surface area contributed by atoms with Crippen LogP contribution in [-0.2, 0) is 29.1 Å². The number of nitrogens with zero attached hydrogens (tertiary/aromatic N) is 5. The van der Waals surface area contributed by atoms with Gasteiger partial charge in [0.25, 0.3) is 0 Å². The van der Waals surface area contributed by atoms with Crippen LogP contribution < -0.4 is 11.1 Å². The number of nitrogens with two attached hydrogens (primary N) is 1. The third-order valence-corrected chi connectivity index (χ3v) is 7.48. The Morgan fingerprint density at radius 1 is 1.05 bits per heavy atom. The molecule has 0 spiro atoms. The highest BCUT2D eigenvalue weighted by Gasteiger charge is 2.51. The Balaban J connectivity index is 1.50. The van der Waals surface area contributed by atoms with E-state index in [0.29, 0.717) is 5.56 Å². The average molecular weight is 584 g/mol. The van der Waals surface area contributed by atoms with Crippen molar-refractivity contribution in [2.75, 3.05) is 19.6 Å². The van der Waals surface area contributed by atoms with Gasteiger partial charge in [0.05, 0.1) is 18.7 Å². The molecule has 0 radical (unpaired) electrons. The molecule has 2 aliphatic heterocycles. The van der Waals surface area contributed by atoms with Crippen LogP contribution in [0.2, 0.25) is 0 Å². The Kier molecular flexibility index (Phi) is 8.67. The Morgan fingerprint density at radius 2 is 1.79 bits per heavy atom. The van der Waals surface area contributed by atoms with E-state index in [1.165, 1.54) is 28.2 Å². The molecule has 1 aromatic heterocycles. The minimum absolute atomic E-state index is 0.0177. The molecule has 0 saturated carbocycles. The molecule has 2 atom stereocenters. The highest BCUT2D eigenvalue weighted by molar-refractivity contribution is 5.93. The first kappa shape index (κ1) is 29.3. The fraction of sp³-hybridized carbons (Fsp3) is 0.258. The first-order valence-corrected chi connectivity index (χ1v) is 13.8. The van der Waals surface area contributed by atoms with Gasteiger partial charge in [0.2, 0.25) is 17.7 Å². The van der Waals surface area contributed by atoms with E-state index in [4.69, 9.17) is 5.73 Å². The maximum atomic E-state index is 14.0. The molecule has 0 aliphatic carbocycles. The fourth-order valence-corrected chi connectivity index (χ4v) is 5.48. The van der Waals surface area contributed by atoms with Gasteiger partial charge in [0.15, 0.2) is 0 Å². The van der Waals surface area contributed by atoms with E-state index in [1.807, 2.05) is 30.3 Å². The molecule has 2 aliphatic rings. The molecule has 5 amide bonds. The lowest BCUT2D eigenvalue weighted by molar-refractivity contribution is -0.189. The second-order valence-corrected chi connectivity index (χ2v) is 10.5. The van der Waals surface area contributed by atoms with Gasteiger partial charge in [-0.15, -0.1) is 6.58 Å². The lowest BCUT2D eigenvalue weighted by atomic mass is 9.98. The summed E-state index contributed by atoms with van der Waals surface area (Å²) in [6, 6.07) is 16.1. The van der Waals surface area contributed by atoms with Crippen molar-refractivity contribution in [3.63, 3.8) is 0 Å². The van der Waals surface area contributed by atoms with Crippen LogP contribution in [0.4, 0.5) is 4.79 Å². The smallest absolute Gasteiger partial charge is 0.334 e. The number of hydrogen-bond acceptors (Lipinski definition) is 7. The molecule has 12 nitrogen and oxygen atoms in total. The molecule has 2 fully saturated rings. The zero-order chi connectivity index (χ0) is 30.5. The van der Waals surface area contributed by atoms with Gasteiger partial charge >= 0.3 is 6.03 Å². The number of amides is 5. The molecule has 3 aromatic rings. The first-order chi connectivity index (χ1) is 20.7. The van der Waals surface area contributed by atoms with E-state index in [9.17, 15) is 24.3 Å². The summed E-state index contributed by atoms with van der Waals surface area (Å²) in [6.07, 6.45) is 3.84. The van der Waals surface area contributed by atoms with Gasteiger partial charge in [-0.3, -0.25) is 19.4 Å². The average Bonchev–Trinajstić information content (AvgIpc) is 3.00. The van der Waals surface area contributed by atoms with E-state index in [0.717, 1.165) is 11.1 Å². The van der Waals surface area contributed by atoms with Crippen LogP contribution in [0.3, 0.4) is 0 Å². The molecule has 4 N–H and O–H groups in total. The zero-order valence-corrected chi connectivity index (χ0v) is 23.5. The summed E-state index contributed by atoms with van der Waals surface area (Å²) in [7, 11) is 0. The number of carbonyl (C=O) groups is 4. The summed E-state index contributed by atoms with van der Waals surface area (Å²) in [5.74, 6) is -1.18. The van der Waals surface area contributed by atoms with Crippen molar-refractivity contribution in [1.82, 2.24) is 30.1 Å². The fourth-order valence-electron chi connectivity index (χ4n) is 5.48. The number of pyridine rings is 1. The summed E-state index contributed by atoms with van der Waals surface area (Å²) >= 11 is 0. The second kappa shape index (κ2) is 12.7. The van der Waals surface area contributed by atoms with Crippen LogP contribution in [0.25, 0.3) is 0 Å². The largest absolute Gasteiger partial charge is 0.508 e. The zero-order valence-electron chi connectivity index (χ0n) is 23.5. The van der Waals surface area contributed by atoms with Crippen LogP contribution >= 0.6 is 0 Å². The number of nitrogens with one attached hydrogen (secondary N) is 1. The van der Waals surface area contributed by atoms with Crippen LogP contribution in [0.15, 0.2) is 85.7 Å². The number of carbonyl (C=O) groups excluding carboxylic acids is 4. The molecule has 3 heterocycles. The van der Waals surface area contributed by atoms with Crippen LogP contribution in [0.1, 0.15) is 27.0 Å². The minimum atomic E-state index is -0.932. The highest BCUT2D eigenvalue weighted by Crippen LogP contribution is 2.29. The Morgan fingerprint density at radius 3 is 2.49 bits per heavy atom. The van der Waals surface area contributed by atoms with Gasteiger partial charge in [-0.25, -0.2) is 14.8 Å². The molecule has 2 saturated heterocycles. The number of urea groups is 1.